The molecular formula is C14H25P. The molecule has 15 heavy (non-hydrogen) atoms. The average molecular weight is 224 g/mol. The summed E-state index contributed by atoms with van der Waals surface area (Å²) in [5.74, 6) is 0. The maximum absolute atomic E-state index is 3.91. The highest BCUT2D eigenvalue weighted by atomic mass is 31.1. The van der Waals surface area contributed by atoms with Crippen LogP contribution in [0.15, 0.2) is 37.0 Å². The zero-order chi connectivity index (χ0) is 11.4. The van der Waals surface area contributed by atoms with Crippen molar-refractivity contribution in [1.82, 2.24) is 0 Å². The summed E-state index contributed by atoms with van der Waals surface area (Å²) in [6.07, 6.45) is 15.4. The highest BCUT2D eigenvalue weighted by molar-refractivity contribution is 7.37. The van der Waals surface area contributed by atoms with E-state index in [9.17, 15) is 0 Å². The van der Waals surface area contributed by atoms with Crippen molar-refractivity contribution in [3.05, 3.63) is 37.0 Å². The first kappa shape index (κ1) is 14.6. The average Bonchev–Trinajstić information content (AvgIpc) is 2.26. The lowest BCUT2D eigenvalue weighted by Gasteiger charge is -1.99. The molecule has 0 aromatic carbocycles. The van der Waals surface area contributed by atoms with Crippen LogP contribution in [0, 0.1) is 0 Å². The molecule has 0 rings (SSSR count). The van der Waals surface area contributed by atoms with Gasteiger partial charge in [0.2, 0.25) is 0 Å². The van der Waals surface area contributed by atoms with E-state index in [4.69, 9.17) is 0 Å². The van der Waals surface area contributed by atoms with Crippen molar-refractivity contribution in [2.75, 3.05) is 12.8 Å². The highest BCUT2D eigenvalue weighted by Gasteiger charge is 1.90. The second-order valence-corrected chi connectivity index (χ2v) is 4.96. The van der Waals surface area contributed by atoms with E-state index >= 15 is 0 Å². The second kappa shape index (κ2) is 11.7. The van der Waals surface area contributed by atoms with Crippen molar-refractivity contribution >= 4 is 8.58 Å². The summed E-state index contributed by atoms with van der Waals surface area (Å²) in [5.41, 5.74) is 1.18. The van der Waals surface area contributed by atoms with E-state index in [2.05, 4.69) is 32.0 Å². The fourth-order valence-electron chi connectivity index (χ4n) is 1.39. The monoisotopic (exact) mass is 224 g/mol. The topological polar surface area (TPSA) is 0 Å². The summed E-state index contributed by atoms with van der Waals surface area (Å²) < 4.78 is 0. The Bertz CT molecular complexity index is 192. The number of hydrogen-bond acceptors (Lipinski definition) is 0. The quantitative estimate of drug-likeness (QED) is 0.213. The lowest BCUT2D eigenvalue weighted by atomic mass is 10.1. The summed E-state index contributed by atoms with van der Waals surface area (Å²) in [6.45, 7) is 9.87. The SMILES string of the molecule is C=CC(=C)CCCCCC/C=C/CPC. The van der Waals surface area contributed by atoms with Crippen molar-refractivity contribution in [3.8, 4) is 0 Å². The van der Waals surface area contributed by atoms with Gasteiger partial charge >= 0.3 is 0 Å². The van der Waals surface area contributed by atoms with Crippen molar-refractivity contribution in [1.29, 1.82) is 0 Å². The van der Waals surface area contributed by atoms with Crippen LogP contribution in [0.5, 0.6) is 0 Å². The molecule has 0 aliphatic heterocycles. The van der Waals surface area contributed by atoms with E-state index in [1.54, 1.807) is 0 Å². The smallest absolute Gasteiger partial charge is 0.0175 e. The summed E-state index contributed by atoms with van der Waals surface area (Å²) in [4.78, 5) is 0. The van der Waals surface area contributed by atoms with Crippen LogP contribution in [0.1, 0.15) is 38.5 Å². The fraction of sp³-hybridized carbons (Fsp3) is 0.571. The zero-order valence-electron chi connectivity index (χ0n) is 10.1. The Morgan fingerprint density at radius 1 is 1.13 bits per heavy atom. The summed E-state index contributed by atoms with van der Waals surface area (Å²) >= 11 is 0. The first-order valence-corrected chi connectivity index (χ1v) is 7.61. The third kappa shape index (κ3) is 11.6. The Balaban J connectivity index is 3.11. The third-order valence-corrected chi connectivity index (χ3v) is 3.04. The van der Waals surface area contributed by atoms with Gasteiger partial charge in [0.15, 0.2) is 0 Å². The van der Waals surface area contributed by atoms with Crippen LogP contribution in [-0.2, 0) is 0 Å². The Morgan fingerprint density at radius 2 is 1.87 bits per heavy atom. The molecule has 0 aliphatic carbocycles. The minimum atomic E-state index is 1.06. The van der Waals surface area contributed by atoms with E-state index < -0.39 is 0 Å². The van der Waals surface area contributed by atoms with Crippen LogP contribution in [0.2, 0.25) is 0 Å². The first-order valence-electron chi connectivity index (χ1n) is 5.91. The molecule has 0 aromatic rings. The Kier molecular flexibility index (Phi) is 11.4. The molecule has 0 saturated heterocycles. The van der Waals surface area contributed by atoms with Gasteiger partial charge in [0, 0.05) is 0 Å². The number of allylic oxidation sites excluding steroid dienone is 4. The van der Waals surface area contributed by atoms with E-state index in [-0.39, 0.29) is 0 Å². The number of rotatable bonds is 10. The van der Waals surface area contributed by atoms with Gasteiger partial charge in [-0.1, -0.05) is 49.8 Å². The molecule has 0 spiro atoms. The molecule has 1 heteroatoms. The van der Waals surface area contributed by atoms with Crippen LogP contribution >= 0.6 is 8.58 Å². The van der Waals surface area contributed by atoms with Gasteiger partial charge in [-0.3, -0.25) is 0 Å². The predicted molar refractivity (Wildman–Crippen MR) is 75.3 cm³/mol. The Morgan fingerprint density at radius 3 is 2.53 bits per heavy atom. The Labute approximate surface area is 97.3 Å². The van der Waals surface area contributed by atoms with Gasteiger partial charge in [0.25, 0.3) is 0 Å². The van der Waals surface area contributed by atoms with E-state index in [0.29, 0.717) is 0 Å². The normalized spacial score (nSPS) is 11.5. The predicted octanol–water partition coefficient (Wildman–Crippen LogP) is 4.93. The lowest BCUT2D eigenvalue weighted by molar-refractivity contribution is 0.647. The molecule has 0 nitrogen and oxygen atoms in total. The van der Waals surface area contributed by atoms with Crippen molar-refractivity contribution < 1.29 is 0 Å². The van der Waals surface area contributed by atoms with Crippen LogP contribution in [0.3, 0.4) is 0 Å². The maximum Gasteiger partial charge on any atom is -0.0175 e. The van der Waals surface area contributed by atoms with Gasteiger partial charge in [0.05, 0.1) is 0 Å². The molecule has 1 atom stereocenters. The minimum Gasteiger partial charge on any atom is -0.121 e. The van der Waals surface area contributed by atoms with Gasteiger partial charge in [-0.05, 0) is 38.5 Å². The molecule has 0 bridgehead atoms. The van der Waals surface area contributed by atoms with Gasteiger partial charge in [-0.25, -0.2) is 0 Å². The highest BCUT2D eigenvalue weighted by Crippen LogP contribution is 2.10. The Hall–Kier alpha value is -0.350. The molecule has 0 saturated carbocycles. The number of hydrogen-bond donors (Lipinski definition) is 0. The third-order valence-electron chi connectivity index (χ3n) is 2.40. The molecule has 86 valence electrons. The molecule has 0 aromatic heterocycles. The molecule has 0 amide bonds. The van der Waals surface area contributed by atoms with E-state index in [1.165, 1.54) is 43.8 Å². The van der Waals surface area contributed by atoms with Gasteiger partial charge in [0.1, 0.15) is 0 Å². The molecule has 0 N–H and O–H groups in total. The standard InChI is InChI=1S/C14H25P/c1-4-14(2)12-10-8-6-5-7-9-11-13-15-3/h4,9,11,15H,1-2,5-8,10,12-13H2,3H3/b11-9+. The van der Waals surface area contributed by atoms with Gasteiger partial charge < -0.3 is 0 Å². The van der Waals surface area contributed by atoms with E-state index in [1.807, 2.05) is 6.08 Å². The molecule has 0 fully saturated rings. The molecule has 1 unspecified atom stereocenters. The van der Waals surface area contributed by atoms with Gasteiger partial charge in [-0.2, -0.15) is 0 Å². The molecule has 0 heterocycles. The van der Waals surface area contributed by atoms with E-state index in [0.717, 1.165) is 15.0 Å². The van der Waals surface area contributed by atoms with Crippen molar-refractivity contribution in [2.45, 2.75) is 38.5 Å². The summed E-state index contributed by atoms with van der Waals surface area (Å²) in [6, 6.07) is 0. The van der Waals surface area contributed by atoms with Crippen LogP contribution in [0.4, 0.5) is 0 Å². The maximum atomic E-state index is 3.91. The molecule has 0 aliphatic rings. The largest absolute Gasteiger partial charge is 0.121 e. The van der Waals surface area contributed by atoms with Crippen LogP contribution in [-0.4, -0.2) is 12.8 Å². The van der Waals surface area contributed by atoms with Crippen molar-refractivity contribution in [3.63, 3.8) is 0 Å². The summed E-state index contributed by atoms with van der Waals surface area (Å²) in [7, 11) is 1.06. The van der Waals surface area contributed by atoms with Gasteiger partial charge in [-0.15, -0.1) is 8.58 Å². The van der Waals surface area contributed by atoms with Crippen LogP contribution in [0.25, 0.3) is 0 Å². The number of unbranched alkanes of at least 4 members (excludes halogenated alkanes) is 4. The van der Waals surface area contributed by atoms with Crippen molar-refractivity contribution in [2.24, 2.45) is 0 Å². The fourth-order valence-corrected chi connectivity index (χ4v) is 1.79. The van der Waals surface area contributed by atoms with Crippen LogP contribution < -0.4 is 0 Å². The zero-order valence-corrected chi connectivity index (χ0v) is 11.1. The minimum absolute atomic E-state index is 1.06. The molecular weight excluding hydrogens is 199 g/mol. The first-order chi connectivity index (χ1) is 7.31. The lowest BCUT2D eigenvalue weighted by Crippen LogP contribution is -1.80. The summed E-state index contributed by atoms with van der Waals surface area (Å²) in [5, 5.41) is 0. The molecule has 0 radical (unpaired) electrons. The second-order valence-electron chi connectivity index (χ2n) is 3.84.